The van der Waals surface area contributed by atoms with Gasteiger partial charge in [-0.15, -0.1) is 0 Å². The summed E-state index contributed by atoms with van der Waals surface area (Å²) < 4.78 is 4.72. The highest BCUT2D eigenvalue weighted by Crippen LogP contribution is 2.12. The smallest absolute Gasteiger partial charge is 0.106 e. The summed E-state index contributed by atoms with van der Waals surface area (Å²) in [5, 5.41) is 8.57. The molecule has 6 heavy (non-hydrogen) atoms. The third-order valence-electron chi connectivity index (χ3n) is 0.897. The fraction of sp³-hybridized carbons (Fsp3) is 1.00. The molecule has 2 atom stereocenters. The van der Waals surface area contributed by atoms with E-state index in [-0.39, 0.29) is 12.2 Å². The number of aliphatic hydroxyl groups excluding tert-OH is 1. The Kier molecular flexibility index (Phi) is 0.821. The van der Waals surface area contributed by atoms with Crippen LogP contribution in [0.2, 0.25) is 0 Å². The first-order valence-electron chi connectivity index (χ1n) is 2.10. The summed E-state index contributed by atoms with van der Waals surface area (Å²) in [5.41, 5.74) is 0. The molecule has 0 amide bonds. The van der Waals surface area contributed by atoms with Gasteiger partial charge in [-0.3, -0.25) is 0 Å². The summed E-state index contributed by atoms with van der Waals surface area (Å²) in [6.45, 7) is 2.48. The number of epoxide rings is 1. The number of rotatable bonds is 1. The maximum atomic E-state index is 8.57. The molecule has 0 aromatic rings. The summed E-state index contributed by atoms with van der Waals surface area (Å²) >= 11 is 0. The van der Waals surface area contributed by atoms with Gasteiger partial charge in [-0.2, -0.15) is 0 Å². The van der Waals surface area contributed by atoms with Gasteiger partial charge in [0.05, 0.1) is 12.7 Å². The van der Waals surface area contributed by atoms with Crippen LogP contribution in [-0.4, -0.2) is 23.9 Å². The van der Waals surface area contributed by atoms with E-state index in [0.717, 1.165) is 6.61 Å². The molecule has 0 aromatic carbocycles. The van der Waals surface area contributed by atoms with E-state index in [9.17, 15) is 0 Å². The Bertz CT molecular complexity index is 47.5. The van der Waals surface area contributed by atoms with Gasteiger partial charge in [0.15, 0.2) is 0 Å². The van der Waals surface area contributed by atoms with E-state index in [2.05, 4.69) is 0 Å². The van der Waals surface area contributed by atoms with Crippen LogP contribution < -0.4 is 0 Å². The highest BCUT2D eigenvalue weighted by atomic mass is 16.6. The summed E-state index contributed by atoms with van der Waals surface area (Å²) in [7, 11) is 0. The molecule has 1 fully saturated rings. The molecule has 1 heterocycles. The Morgan fingerprint density at radius 2 is 2.50 bits per heavy atom. The zero-order valence-corrected chi connectivity index (χ0v) is 3.72. The summed E-state index contributed by atoms with van der Waals surface area (Å²) in [4.78, 5) is 0. The van der Waals surface area contributed by atoms with Gasteiger partial charge in [0.25, 0.3) is 0 Å². The highest BCUT2D eigenvalue weighted by Gasteiger charge is 2.27. The second-order valence-electron chi connectivity index (χ2n) is 1.61. The molecule has 1 unspecified atom stereocenters. The number of aliphatic hydroxyl groups is 1. The summed E-state index contributed by atoms with van der Waals surface area (Å²) in [5.74, 6) is 0. The van der Waals surface area contributed by atoms with Crippen molar-refractivity contribution in [3.8, 4) is 0 Å². The average Bonchev–Trinajstić information content (AvgIpc) is 2.06. The first-order chi connectivity index (χ1) is 2.80. The Morgan fingerprint density at radius 3 is 2.50 bits per heavy atom. The van der Waals surface area contributed by atoms with Crippen LogP contribution >= 0.6 is 0 Å². The predicted molar refractivity (Wildman–Crippen MR) is 21.4 cm³/mol. The molecule has 36 valence electrons. The summed E-state index contributed by atoms with van der Waals surface area (Å²) in [6, 6.07) is 0. The van der Waals surface area contributed by atoms with Crippen molar-refractivity contribution in [2.45, 2.75) is 19.1 Å². The van der Waals surface area contributed by atoms with Crippen LogP contribution in [0.4, 0.5) is 0 Å². The van der Waals surface area contributed by atoms with Crippen molar-refractivity contribution in [3.05, 3.63) is 0 Å². The van der Waals surface area contributed by atoms with Gasteiger partial charge in [-0.05, 0) is 6.92 Å². The maximum Gasteiger partial charge on any atom is 0.106 e. The minimum atomic E-state index is -0.259. The molecular formula is C4H8O2. The molecule has 0 saturated carbocycles. The normalized spacial score (nSPS) is 36.0. The van der Waals surface area contributed by atoms with Crippen LogP contribution in [-0.2, 0) is 4.74 Å². The molecule has 0 aliphatic carbocycles. The van der Waals surface area contributed by atoms with Crippen LogP contribution in [0.15, 0.2) is 0 Å². The standard InChI is InChI=1S/C4H8O2/c1-3(5)4-2-6-4/h3-5H,2H2,1H3/t3-,4?/m1/s1. The van der Waals surface area contributed by atoms with Gasteiger partial charge >= 0.3 is 0 Å². The largest absolute Gasteiger partial charge is 0.391 e. The van der Waals surface area contributed by atoms with Crippen LogP contribution in [0.25, 0.3) is 0 Å². The lowest BCUT2D eigenvalue weighted by atomic mass is 10.3. The van der Waals surface area contributed by atoms with Gasteiger partial charge in [0.2, 0.25) is 0 Å². The Balaban J connectivity index is 2.13. The van der Waals surface area contributed by atoms with E-state index in [4.69, 9.17) is 9.84 Å². The Hall–Kier alpha value is -0.0800. The van der Waals surface area contributed by atoms with E-state index < -0.39 is 0 Å². The average molecular weight is 88.1 g/mol. The van der Waals surface area contributed by atoms with Gasteiger partial charge in [0.1, 0.15) is 6.10 Å². The number of hydrogen-bond acceptors (Lipinski definition) is 2. The van der Waals surface area contributed by atoms with Crippen LogP contribution in [0.3, 0.4) is 0 Å². The molecule has 0 aromatic heterocycles. The minimum Gasteiger partial charge on any atom is -0.391 e. The monoisotopic (exact) mass is 88.1 g/mol. The van der Waals surface area contributed by atoms with Gasteiger partial charge in [-0.1, -0.05) is 0 Å². The van der Waals surface area contributed by atoms with E-state index >= 15 is 0 Å². The van der Waals surface area contributed by atoms with Crippen LogP contribution in [0.1, 0.15) is 6.92 Å². The third kappa shape index (κ3) is 0.698. The quantitative estimate of drug-likeness (QED) is 0.449. The van der Waals surface area contributed by atoms with Gasteiger partial charge < -0.3 is 9.84 Å². The molecule has 0 radical (unpaired) electrons. The first kappa shape index (κ1) is 4.09. The van der Waals surface area contributed by atoms with E-state index in [1.165, 1.54) is 0 Å². The molecule has 2 heteroatoms. The number of hydrogen-bond donors (Lipinski definition) is 1. The van der Waals surface area contributed by atoms with Crippen molar-refractivity contribution in [3.63, 3.8) is 0 Å². The second kappa shape index (κ2) is 1.21. The van der Waals surface area contributed by atoms with Crippen molar-refractivity contribution < 1.29 is 9.84 Å². The molecule has 1 N–H and O–H groups in total. The van der Waals surface area contributed by atoms with Crippen molar-refractivity contribution in [2.75, 3.05) is 6.61 Å². The highest BCUT2D eigenvalue weighted by molar-refractivity contribution is 4.73. The second-order valence-corrected chi connectivity index (χ2v) is 1.61. The van der Waals surface area contributed by atoms with Crippen LogP contribution in [0, 0.1) is 0 Å². The lowest BCUT2D eigenvalue weighted by molar-refractivity contribution is 0.153. The SMILES string of the molecule is C[C@@H](O)C1CO1. The zero-order chi connectivity index (χ0) is 4.57. The lowest BCUT2D eigenvalue weighted by Gasteiger charge is -1.90. The maximum absolute atomic E-state index is 8.57. The van der Waals surface area contributed by atoms with Crippen molar-refractivity contribution in [1.82, 2.24) is 0 Å². The molecule has 1 rings (SSSR count). The third-order valence-corrected chi connectivity index (χ3v) is 0.897. The molecule has 1 aliphatic heterocycles. The molecular weight excluding hydrogens is 80.0 g/mol. The van der Waals surface area contributed by atoms with E-state index in [1.54, 1.807) is 6.92 Å². The predicted octanol–water partition coefficient (Wildman–Crippen LogP) is -0.234. The fourth-order valence-corrected chi connectivity index (χ4v) is 0.334. The molecule has 1 aliphatic rings. The van der Waals surface area contributed by atoms with Crippen molar-refractivity contribution in [2.24, 2.45) is 0 Å². The molecule has 0 bridgehead atoms. The van der Waals surface area contributed by atoms with Gasteiger partial charge in [0, 0.05) is 0 Å². The Labute approximate surface area is 36.7 Å². The van der Waals surface area contributed by atoms with E-state index in [1.807, 2.05) is 0 Å². The van der Waals surface area contributed by atoms with Crippen LogP contribution in [0.5, 0.6) is 0 Å². The Morgan fingerprint density at radius 1 is 2.00 bits per heavy atom. The first-order valence-corrected chi connectivity index (χ1v) is 2.10. The van der Waals surface area contributed by atoms with E-state index in [0.29, 0.717) is 0 Å². The van der Waals surface area contributed by atoms with Crippen molar-refractivity contribution >= 4 is 0 Å². The zero-order valence-electron chi connectivity index (χ0n) is 3.72. The topological polar surface area (TPSA) is 32.8 Å². The fourth-order valence-electron chi connectivity index (χ4n) is 0.334. The minimum absolute atomic E-state index is 0.157. The summed E-state index contributed by atoms with van der Waals surface area (Å²) in [6.07, 6.45) is -0.102. The molecule has 1 saturated heterocycles. The van der Waals surface area contributed by atoms with Crippen molar-refractivity contribution in [1.29, 1.82) is 0 Å². The number of ether oxygens (including phenoxy) is 1. The molecule has 2 nitrogen and oxygen atoms in total. The molecule has 0 spiro atoms. The lowest BCUT2D eigenvalue weighted by Crippen LogP contribution is -2.07. The van der Waals surface area contributed by atoms with Gasteiger partial charge in [-0.25, -0.2) is 0 Å².